The molecule has 0 saturated carbocycles. The van der Waals surface area contributed by atoms with Gasteiger partial charge in [0, 0.05) is 25.6 Å². The van der Waals surface area contributed by atoms with Gasteiger partial charge in [0.15, 0.2) is 0 Å². The Balaban J connectivity index is 1.89. The van der Waals surface area contributed by atoms with Crippen LogP contribution in [0.15, 0.2) is 42.5 Å². The highest BCUT2D eigenvalue weighted by molar-refractivity contribution is 6.08. The summed E-state index contributed by atoms with van der Waals surface area (Å²) in [6.07, 6.45) is 0. The maximum Gasteiger partial charge on any atom is 0.237 e. The molecule has 1 saturated heterocycles. The number of carbonyl (C=O) groups is 2. The number of likely N-dealkylation sites (N-methyl/N-ethyl adjacent to an activating group) is 1. The molecule has 0 radical (unpaired) electrons. The van der Waals surface area contributed by atoms with Gasteiger partial charge in [-0.05, 0) is 24.6 Å². The largest absolute Gasteiger partial charge is 0.508 e. The predicted molar refractivity (Wildman–Crippen MR) is 91.7 cm³/mol. The first-order valence-electron chi connectivity index (χ1n) is 7.97. The first-order chi connectivity index (χ1) is 11.9. The van der Waals surface area contributed by atoms with Crippen LogP contribution < -0.4 is 5.32 Å². The number of nitrogens with one attached hydrogen (secondary N) is 1. The summed E-state index contributed by atoms with van der Waals surface area (Å²) in [7, 11) is 1.65. The van der Waals surface area contributed by atoms with Crippen LogP contribution >= 0.6 is 0 Å². The van der Waals surface area contributed by atoms with Gasteiger partial charge in [-0.1, -0.05) is 29.8 Å². The minimum absolute atomic E-state index is 0.0619. The summed E-state index contributed by atoms with van der Waals surface area (Å²) < 4.78 is 13.9. The van der Waals surface area contributed by atoms with Gasteiger partial charge < -0.3 is 15.3 Å². The van der Waals surface area contributed by atoms with Gasteiger partial charge in [-0.2, -0.15) is 0 Å². The van der Waals surface area contributed by atoms with Gasteiger partial charge in [-0.15, -0.1) is 0 Å². The lowest BCUT2D eigenvalue weighted by molar-refractivity contribution is -0.135. The van der Waals surface area contributed by atoms with Crippen LogP contribution in [0.2, 0.25) is 0 Å². The Bertz CT molecular complexity index is 837. The standard InChI is InChI=1S/C19H19FN2O3/c1-11-4-3-5-12(8-11)14-10-22(2)19(25)17(14)18(24)21-16-7-6-13(23)9-15(16)20/h3-9,14,17,23H,10H2,1-2H3,(H,21,24)/t14-,17+/m1/s1. The summed E-state index contributed by atoms with van der Waals surface area (Å²) in [4.78, 5) is 26.7. The Labute approximate surface area is 145 Å². The molecule has 25 heavy (non-hydrogen) atoms. The molecule has 1 aliphatic rings. The molecule has 6 heteroatoms. The molecule has 2 amide bonds. The van der Waals surface area contributed by atoms with Crippen LogP contribution in [0.1, 0.15) is 17.0 Å². The highest BCUT2D eigenvalue weighted by Gasteiger charge is 2.44. The zero-order valence-corrected chi connectivity index (χ0v) is 14.0. The third-order valence-corrected chi connectivity index (χ3v) is 4.48. The molecule has 5 nitrogen and oxygen atoms in total. The third kappa shape index (κ3) is 3.33. The number of halogens is 1. The maximum absolute atomic E-state index is 13.9. The molecule has 2 atom stereocenters. The first kappa shape index (κ1) is 17.0. The van der Waals surface area contributed by atoms with E-state index in [0.29, 0.717) is 6.54 Å². The van der Waals surface area contributed by atoms with E-state index in [9.17, 15) is 19.1 Å². The van der Waals surface area contributed by atoms with Crippen LogP contribution in [-0.4, -0.2) is 35.4 Å². The summed E-state index contributed by atoms with van der Waals surface area (Å²) >= 11 is 0. The van der Waals surface area contributed by atoms with Gasteiger partial charge in [-0.25, -0.2) is 4.39 Å². The highest BCUT2D eigenvalue weighted by Crippen LogP contribution is 2.34. The van der Waals surface area contributed by atoms with E-state index in [2.05, 4.69) is 5.32 Å². The third-order valence-electron chi connectivity index (χ3n) is 4.48. The summed E-state index contributed by atoms with van der Waals surface area (Å²) in [5, 5.41) is 11.7. The van der Waals surface area contributed by atoms with Gasteiger partial charge in [0.2, 0.25) is 11.8 Å². The van der Waals surface area contributed by atoms with Crippen LogP contribution in [0.25, 0.3) is 0 Å². The number of hydrogen-bond donors (Lipinski definition) is 2. The number of hydrogen-bond acceptors (Lipinski definition) is 3. The van der Waals surface area contributed by atoms with E-state index in [1.165, 1.54) is 17.0 Å². The Morgan fingerprint density at radius 2 is 2.04 bits per heavy atom. The minimum Gasteiger partial charge on any atom is -0.508 e. The van der Waals surface area contributed by atoms with Crippen LogP contribution in [0.3, 0.4) is 0 Å². The molecule has 0 bridgehead atoms. The zero-order valence-electron chi connectivity index (χ0n) is 14.0. The van der Waals surface area contributed by atoms with Crippen molar-refractivity contribution in [1.29, 1.82) is 0 Å². The molecule has 130 valence electrons. The van der Waals surface area contributed by atoms with Gasteiger partial charge >= 0.3 is 0 Å². The van der Waals surface area contributed by atoms with E-state index < -0.39 is 17.6 Å². The lowest BCUT2D eigenvalue weighted by atomic mass is 9.87. The Hall–Kier alpha value is -2.89. The first-order valence-corrected chi connectivity index (χ1v) is 7.97. The predicted octanol–water partition coefficient (Wildman–Crippen LogP) is 2.65. The lowest BCUT2D eigenvalue weighted by Gasteiger charge is -2.17. The number of aryl methyl sites for hydroxylation is 1. The average molecular weight is 342 g/mol. The number of carbonyl (C=O) groups excluding carboxylic acids is 2. The minimum atomic E-state index is -0.917. The monoisotopic (exact) mass is 342 g/mol. The van der Waals surface area contributed by atoms with Crippen molar-refractivity contribution in [2.45, 2.75) is 12.8 Å². The van der Waals surface area contributed by atoms with Crippen LogP contribution in [0.4, 0.5) is 10.1 Å². The molecule has 2 N–H and O–H groups in total. The number of phenols is 1. The van der Waals surface area contributed by atoms with Crippen molar-refractivity contribution >= 4 is 17.5 Å². The fourth-order valence-corrected chi connectivity index (χ4v) is 3.21. The topological polar surface area (TPSA) is 69.6 Å². The molecule has 0 unspecified atom stereocenters. The molecule has 2 aromatic rings. The molecule has 2 aromatic carbocycles. The molecule has 1 fully saturated rings. The number of rotatable bonds is 3. The van der Waals surface area contributed by atoms with E-state index in [1.54, 1.807) is 7.05 Å². The Kier molecular flexibility index (Phi) is 4.44. The van der Waals surface area contributed by atoms with Crippen molar-refractivity contribution in [1.82, 2.24) is 4.90 Å². The highest BCUT2D eigenvalue weighted by atomic mass is 19.1. The fraction of sp³-hybridized carbons (Fsp3) is 0.263. The zero-order chi connectivity index (χ0) is 18.1. The molecular weight excluding hydrogens is 323 g/mol. The fourth-order valence-electron chi connectivity index (χ4n) is 3.21. The van der Waals surface area contributed by atoms with E-state index in [-0.39, 0.29) is 23.3 Å². The number of likely N-dealkylation sites (tertiary alicyclic amines) is 1. The second-order valence-electron chi connectivity index (χ2n) is 6.37. The van der Waals surface area contributed by atoms with E-state index >= 15 is 0 Å². The van der Waals surface area contributed by atoms with Crippen LogP contribution in [0.5, 0.6) is 5.75 Å². The Morgan fingerprint density at radius 3 is 2.72 bits per heavy atom. The van der Waals surface area contributed by atoms with Crippen LogP contribution in [0, 0.1) is 18.7 Å². The maximum atomic E-state index is 13.9. The summed E-state index contributed by atoms with van der Waals surface area (Å²) in [5.41, 5.74) is 1.89. The Morgan fingerprint density at radius 1 is 1.28 bits per heavy atom. The number of aromatic hydroxyl groups is 1. The second-order valence-corrected chi connectivity index (χ2v) is 6.37. The van der Waals surface area contributed by atoms with Gasteiger partial charge in [0.1, 0.15) is 17.5 Å². The average Bonchev–Trinajstić information content (AvgIpc) is 2.86. The van der Waals surface area contributed by atoms with Crippen LogP contribution in [-0.2, 0) is 9.59 Å². The van der Waals surface area contributed by atoms with Gasteiger partial charge in [0.05, 0.1) is 5.69 Å². The SMILES string of the molecule is Cc1cccc([C@H]2CN(C)C(=O)[C@@H]2C(=O)Nc2ccc(O)cc2F)c1. The number of phenolic OH excluding ortho intramolecular Hbond substituents is 1. The van der Waals surface area contributed by atoms with Crippen molar-refractivity contribution < 1.29 is 19.1 Å². The molecular formula is C19H19FN2O3. The summed E-state index contributed by atoms with van der Waals surface area (Å²) in [5.74, 6) is -3.03. The lowest BCUT2D eigenvalue weighted by Crippen LogP contribution is -2.33. The van der Waals surface area contributed by atoms with Crippen molar-refractivity contribution in [2.24, 2.45) is 5.92 Å². The van der Waals surface area contributed by atoms with Crippen molar-refractivity contribution in [3.8, 4) is 5.75 Å². The van der Waals surface area contributed by atoms with Crippen molar-refractivity contribution in [3.63, 3.8) is 0 Å². The van der Waals surface area contributed by atoms with E-state index in [0.717, 1.165) is 17.2 Å². The second kappa shape index (κ2) is 6.55. The van der Waals surface area contributed by atoms with Gasteiger partial charge in [-0.3, -0.25) is 9.59 Å². The van der Waals surface area contributed by atoms with E-state index in [1.807, 2.05) is 31.2 Å². The molecule has 1 aliphatic heterocycles. The molecule has 0 spiro atoms. The summed E-state index contributed by atoms with van der Waals surface area (Å²) in [6, 6.07) is 11.2. The summed E-state index contributed by atoms with van der Waals surface area (Å²) in [6.45, 7) is 2.38. The van der Waals surface area contributed by atoms with E-state index in [4.69, 9.17) is 0 Å². The number of benzene rings is 2. The van der Waals surface area contributed by atoms with Crippen molar-refractivity contribution in [3.05, 3.63) is 59.4 Å². The quantitative estimate of drug-likeness (QED) is 0.665. The normalized spacial score (nSPS) is 20.0. The molecule has 1 heterocycles. The molecule has 0 aliphatic carbocycles. The molecule has 3 rings (SSSR count). The molecule has 0 aromatic heterocycles. The number of nitrogens with zero attached hydrogens (tertiary/aromatic N) is 1. The number of amides is 2. The number of anilines is 1. The van der Waals surface area contributed by atoms with Gasteiger partial charge in [0.25, 0.3) is 0 Å². The van der Waals surface area contributed by atoms with Crippen molar-refractivity contribution in [2.75, 3.05) is 18.9 Å². The smallest absolute Gasteiger partial charge is 0.237 e.